The van der Waals surface area contributed by atoms with Gasteiger partial charge in [-0.15, -0.1) is 0 Å². The number of rotatable bonds is 5. The molecule has 0 unspecified atom stereocenters. The molecule has 6 nitrogen and oxygen atoms in total. The van der Waals surface area contributed by atoms with Crippen LogP contribution in [-0.4, -0.2) is 70.7 Å². The summed E-state index contributed by atoms with van der Waals surface area (Å²) in [5.41, 5.74) is 0. The quantitative estimate of drug-likeness (QED) is 0.728. The van der Waals surface area contributed by atoms with E-state index in [1.165, 1.54) is 0 Å². The Balaban J connectivity index is 1.94. The zero-order valence-electron chi connectivity index (χ0n) is 10.8. The topological polar surface area (TPSA) is 67.9 Å². The van der Waals surface area contributed by atoms with E-state index >= 15 is 0 Å². The van der Waals surface area contributed by atoms with Crippen molar-refractivity contribution in [2.75, 3.05) is 45.3 Å². The zero-order chi connectivity index (χ0) is 13.0. The molecule has 1 N–H and O–H groups in total. The lowest BCUT2D eigenvalue weighted by Crippen LogP contribution is -2.54. The fourth-order valence-electron chi connectivity index (χ4n) is 2.48. The van der Waals surface area contributed by atoms with Crippen LogP contribution in [0.2, 0.25) is 0 Å². The van der Waals surface area contributed by atoms with E-state index in [1.54, 1.807) is 0 Å². The van der Waals surface area contributed by atoms with Crippen LogP contribution in [0.1, 0.15) is 13.3 Å². The molecule has 0 saturated carbocycles. The van der Waals surface area contributed by atoms with Crippen molar-refractivity contribution >= 4 is 10.0 Å². The van der Waals surface area contributed by atoms with Crippen molar-refractivity contribution in [2.24, 2.45) is 0 Å². The zero-order valence-corrected chi connectivity index (χ0v) is 11.6. The van der Waals surface area contributed by atoms with Gasteiger partial charge in [-0.2, -0.15) is 0 Å². The van der Waals surface area contributed by atoms with Gasteiger partial charge in [0.2, 0.25) is 10.0 Å². The normalized spacial score (nSPS) is 30.7. The molecule has 106 valence electrons. The number of nitrogens with one attached hydrogen (secondary N) is 1. The molecule has 2 aliphatic heterocycles. The van der Waals surface area contributed by atoms with Gasteiger partial charge >= 0.3 is 0 Å². The summed E-state index contributed by atoms with van der Waals surface area (Å²) in [4.78, 5) is 2.26. The second kappa shape index (κ2) is 6.29. The van der Waals surface area contributed by atoms with Crippen LogP contribution in [0.4, 0.5) is 0 Å². The van der Waals surface area contributed by atoms with E-state index in [4.69, 9.17) is 9.47 Å². The highest BCUT2D eigenvalue weighted by atomic mass is 32.2. The SMILES string of the molecule is CCCS(=O)(=O)N[C@H]1COC[C@@H]1N1CCOCC1. The van der Waals surface area contributed by atoms with Crippen LogP contribution in [0, 0.1) is 0 Å². The molecule has 0 aromatic carbocycles. The second-order valence-electron chi connectivity index (χ2n) is 4.80. The molecule has 2 rings (SSSR count). The lowest BCUT2D eigenvalue weighted by molar-refractivity contribution is 0.0117. The van der Waals surface area contributed by atoms with Gasteiger partial charge in [-0.3, -0.25) is 4.90 Å². The van der Waals surface area contributed by atoms with E-state index in [-0.39, 0.29) is 17.8 Å². The molecule has 18 heavy (non-hydrogen) atoms. The van der Waals surface area contributed by atoms with Gasteiger partial charge in [0, 0.05) is 13.1 Å². The summed E-state index contributed by atoms with van der Waals surface area (Å²) in [5, 5.41) is 0. The molecule has 2 saturated heterocycles. The third-order valence-corrected chi connectivity index (χ3v) is 4.98. The molecule has 2 heterocycles. The summed E-state index contributed by atoms with van der Waals surface area (Å²) >= 11 is 0. The standard InChI is InChI=1S/C11H22N2O4S/c1-2-7-18(14,15)12-10-8-17-9-11(10)13-3-5-16-6-4-13/h10-12H,2-9H2,1H3/t10-,11-/m0/s1. The molecule has 2 fully saturated rings. The molecule has 0 bridgehead atoms. The third-order valence-electron chi connectivity index (χ3n) is 3.37. The summed E-state index contributed by atoms with van der Waals surface area (Å²) in [6.07, 6.45) is 0.630. The second-order valence-corrected chi connectivity index (χ2v) is 6.67. The predicted molar refractivity (Wildman–Crippen MR) is 68.0 cm³/mol. The number of sulfonamides is 1. The molecule has 0 radical (unpaired) electrons. The maximum atomic E-state index is 11.8. The summed E-state index contributed by atoms with van der Waals surface area (Å²) in [5.74, 6) is 0.180. The fourth-order valence-corrected chi connectivity index (χ4v) is 3.82. The monoisotopic (exact) mass is 278 g/mol. The first-order valence-electron chi connectivity index (χ1n) is 6.52. The van der Waals surface area contributed by atoms with Crippen LogP contribution < -0.4 is 4.72 Å². The number of hydrogen-bond acceptors (Lipinski definition) is 5. The predicted octanol–water partition coefficient (Wildman–Crippen LogP) is -0.585. The van der Waals surface area contributed by atoms with E-state index in [0.29, 0.717) is 32.8 Å². The molecule has 0 aromatic heterocycles. The van der Waals surface area contributed by atoms with Gasteiger partial charge < -0.3 is 9.47 Å². The van der Waals surface area contributed by atoms with Crippen LogP contribution in [0.3, 0.4) is 0 Å². The van der Waals surface area contributed by atoms with Gasteiger partial charge in [-0.05, 0) is 6.42 Å². The smallest absolute Gasteiger partial charge is 0.211 e. The van der Waals surface area contributed by atoms with Crippen molar-refractivity contribution in [1.29, 1.82) is 0 Å². The average Bonchev–Trinajstić information content (AvgIpc) is 2.77. The van der Waals surface area contributed by atoms with Gasteiger partial charge in [0.05, 0.1) is 44.3 Å². The van der Waals surface area contributed by atoms with E-state index in [1.807, 2.05) is 6.92 Å². The third kappa shape index (κ3) is 3.64. The Morgan fingerprint density at radius 1 is 1.22 bits per heavy atom. The molecular formula is C11H22N2O4S. The first kappa shape index (κ1) is 14.2. The summed E-state index contributed by atoms with van der Waals surface area (Å²) in [6.45, 7) is 6.05. The highest BCUT2D eigenvalue weighted by Gasteiger charge is 2.35. The molecule has 0 aliphatic carbocycles. The molecule has 7 heteroatoms. The molecule has 0 amide bonds. The highest BCUT2D eigenvalue weighted by Crippen LogP contribution is 2.16. The van der Waals surface area contributed by atoms with Gasteiger partial charge in [-0.25, -0.2) is 13.1 Å². The van der Waals surface area contributed by atoms with Gasteiger partial charge in [0.15, 0.2) is 0 Å². The number of ether oxygens (including phenoxy) is 2. The molecular weight excluding hydrogens is 256 g/mol. The summed E-state index contributed by atoms with van der Waals surface area (Å²) in [6, 6.07) is 0.0141. The Labute approximate surface area is 109 Å². The lowest BCUT2D eigenvalue weighted by Gasteiger charge is -2.34. The molecule has 2 aliphatic rings. The Morgan fingerprint density at radius 3 is 2.61 bits per heavy atom. The Bertz CT molecular complexity index is 354. The fraction of sp³-hybridized carbons (Fsp3) is 1.00. The molecule has 0 spiro atoms. The van der Waals surface area contributed by atoms with Crippen LogP contribution in [0.25, 0.3) is 0 Å². The first-order chi connectivity index (χ1) is 8.62. The van der Waals surface area contributed by atoms with E-state index in [0.717, 1.165) is 13.1 Å². The van der Waals surface area contributed by atoms with Crippen molar-refractivity contribution in [3.63, 3.8) is 0 Å². The molecule has 2 atom stereocenters. The maximum Gasteiger partial charge on any atom is 0.211 e. The number of hydrogen-bond donors (Lipinski definition) is 1. The Morgan fingerprint density at radius 2 is 1.94 bits per heavy atom. The minimum Gasteiger partial charge on any atom is -0.379 e. The van der Waals surface area contributed by atoms with E-state index in [9.17, 15) is 8.42 Å². The number of morpholine rings is 1. The van der Waals surface area contributed by atoms with Gasteiger partial charge in [-0.1, -0.05) is 6.92 Å². The minimum atomic E-state index is -3.17. The maximum absolute atomic E-state index is 11.8. The lowest BCUT2D eigenvalue weighted by atomic mass is 10.1. The van der Waals surface area contributed by atoms with Crippen LogP contribution in [0.5, 0.6) is 0 Å². The van der Waals surface area contributed by atoms with Crippen molar-refractivity contribution < 1.29 is 17.9 Å². The number of nitrogens with zero attached hydrogens (tertiary/aromatic N) is 1. The highest BCUT2D eigenvalue weighted by molar-refractivity contribution is 7.89. The van der Waals surface area contributed by atoms with Crippen molar-refractivity contribution in [2.45, 2.75) is 25.4 Å². The van der Waals surface area contributed by atoms with Crippen LogP contribution in [0.15, 0.2) is 0 Å². The minimum absolute atomic E-state index is 0.125. The van der Waals surface area contributed by atoms with E-state index < -0.39 is 10.0 Å². The van der Waals surface area contributed by atoms with Crippen molar-refractivity contribution in [3.05, 3.63) is 0 Å². The van der Waals surface area contributed by atoms with Gasteiger partial charge in [0.25, 0.3) is 0 Å². The molecule has 0 aromatic rings. The Kier molecular flexibility index (Phi) is 4.97. The van der Waals surface area contributed by atoms with Crippen molar-refractivity contribution in [3.8, 4) is 0 Å². The Hall–Kier alpha value is -0.210. The average molecular weight is 278 g/mol. The summed E-state index contributed by atoms with van der Waals surface area (Å²) < 4.78 is 37.1. The van der Waals surface area contributed by atoms with Gasteiger partial charge in [0.1, 0.15) is 0 Å². The van der Waals surface area contributed by atoms with E-state index in [2.05, 4.69) is 9.62 Å². The first-order valence-corrected chi connectivity index (χ1v) is 8.17. The summed E-state index contributed by atoms with van der Waals surface area (Å²) in [7, 11) is -3.17. The van der Waals surface area contributed by atoms with Crippen molar-refractivity contribution in [1.82, 2.24) is 9.62 Å². The van der Waals surface area contributed by atoms with Crippen LogP contribution in [-0.2, 0) is 19.5 Å². The van der Waals surface area contributed by atoms with Crippen LogP contribution >= 0.6 is 0 Å². The largest absolute Gasteiger partial charge is 0.379 e.